The molecule has 2 saturated heterocycles. The largest absolute Gasteiger partial charge is 0.343 e. The molecule has 1 N–H and O–H groups in total. The monoisotopic (exact) mass is 281 g/mol. The Bertz CT molecular complexity index is 303. The molecule has 0 spiro atoms. The van der Waals surface area contributed by atoms with Gasteiger partial charge in [0.05, 0.1) is 0 Å². The Morgan fingerprint density at radius 3 is 2.25 bits per heavy atom. The van der Waals surface area contributed by atoms with Gasteiger partial charge in [-0.2, -0.15) is 0 Å². The average molecular weight is 281 g/mol. The summed E-state index contributed by atoms with van der Waals surface area (Å²) >= 11 is 0. The summed E-state index contributed by atoms with van der Waals surface area (Å²) in [7, 11) is 0. The molecule has 2 aliphatic heterocycles. The van der Waals surface area contributed by atoms with Crippen molar-refractivity contribution >= 4 is 5.91 Å². The van der Waals surface area contributed by atoms with Crippen LogP contribution in [-0.4, -0.2) is 60.0 Å². The van der Waals surface area contributed by atoms with E-state index in [0.29, 0.717) is 30.5 Å². The molecule has 116 valence electrons. The Morgan fingerprint density at radius 2 is 1.75 bits per heavy atom. The number of amides is 1. The van der Waals surface area contributed by atoms with Crippen molar-refractivity contribution in [2.45, 2.75) is 71.0 Å². The van der Waals surface area contributed by atoms with Crippen molar-refractivity contribution in [2.24, 2.45) is 0 Å². The number of carbonyl (C=O) groups excluding carboxylic acids is 1. The number of carbonyl (C=O) groups is 1. The molecule has 0 radical (unpaired) electrons. The summed E-state index contributed by atoms with van der Waals surface area (Å²) in [5, 5.41) is 3.61. The summed E-state index contributed by atoms with van der Waals surface area (Å²) in [5.74, 6) is 0.322. The van der Waals surface area contributed by atoms with E-state index < -0.39 is 0 Å². The summed E-state index contributed by atoms with van der Waals surface area (Å²) in [5.41, 5.74) is 0. The van der Waals surface area contributed by atoms with Crippen molar-refractivity contribution in [3.63, 3.8) is 0 Å². The van der Waals surface area contributed by atoms with Crippen LogP contribution in [0.4, 0.5) is 0 Å². The molecule has 2 bridgehead atoms. The Balaban J connectivity index is 1.81. The van der Waals surface area contributed by atoms with Gasteiger partial charge in [0, 0.05) is 44.2 Å². The zero-order valence-corrected chi connectivity index (χ0v) is 13.4. The van der Waals surface area contributed by atoms with Gasteiger partial charge in [-0.3, -0.25) is 9.69 Å². The van der Waals surface area contributed by atoms with Crippen LogP contribution in [0.15, 0.2) is 0 Å². The van der Waals surface area contributed by atoms with Crippen molar-refractivity contribution in [3.8, 4) is 0 Å². The maximum atomic E-state index is 12.1. The molecule has 20 heavy (non-hydrogen) atoms. The Morgan fingerprint density at radius 1 is 1.15 bits per heavy atom. The van der Waals surface area contributed by atoms with Crippen LogP contribution >= 0.6 is 0 Å². The first-order valence-electron chi connectivity index (χ1n) is 8.46. The molecule has 0 aromatic heterocycles. The molecule has 0 saturated carbocycles. The second-order valence-corrected chi connectivity index (χ2v) is 6.16. The van der Waals surface area contributed by atoms with Gasteiger partial charge in [-0.05, 0) is 46.1 Å². The third-order valence-corrected chi connectivity index (χ3v) is 5.08. The summed E-state index contributed by atoms with van der Waals surface area (Å²) in [6.45, 7) is 10.0. The molecule has 0 aromatic carbocycles. The molecular formula is C16H31N3O. The van der Waals surface area contributed by atoms with Gasteiger partial charge < -0.3 is 10.2 Å². The van der Waals surface area contributed by atoms with Gasteiger partial charge in [0.25, 0.3) is 0 Å². The Labute approximate surface area is 123 Å². The standard InChI is InChI=1S/C16H31N3O/c1-4-17-13-11-14-7-8-15(12-13)19(14)10-9-16(20)18(5-2)6-3/h13-15,17H,4-12H2,1-3H3. The number of piperidine rings is 1. The number of hydrogen-bond acceptors (Lipinski definition) is 3. The van der Waals surface area contributed by atoms with Crippen LogP contribution in [0.3, 0.4) is 0 Å². The smallest absolute Gasteiger partial charge is 0.223 e. The Kier molecular flexibility index (Phi) is 5.85. The third kappa shape index (κ3) is 3.53. The summed E-state index contributed by atoms with van der Waals surface area (Å²) in [4.78, 5) is 16.7. The zero-order chi connectivity index (χ0) is 14.5. The predicted molar refractivity (Wildman–Crippen MR) is 82.8 cm³/mol. The highest BCUT2D eigenvalue weighted by molar-refractivity contribution is 5.76. The highest BCUT2D eigenvalue weighted by Gasteiger charge is 2.40. The first kappa shape index (κ1) is 15.8. The van der Waals surface area contributed by atoms with Crippen LogP contribution in [0.2, 0.25) is 0 Å². The van der Waals surface area contributed by atoms with E-state index in [4.69, 9.17) is 0 Å². The fourth-order valence-electron chi connectivity index (χ4n) is 4.05. The minimum absolute atomic E-state index is 0.322. The van der Waals surface area contributed by atoms with Gasteiger partial charge >= 0.3 is 0 Å². The van der Waals surface area contributed by atoms with E-state index >= 15 is 0 Å². The first-order valence-corrected chi connectivity index (χ1v) is 8.46. The first-order chi connectivity index (χ1) is 9.69. The van der Waals surface area contributed by atoms with Crippen LogP contribution in [0, 0.1) is 0 Å². The lowest BCUT2D eigenvalue weighted by molar-refractivity contribution is -0.131. The number of nitrogens with zero attached hydrogens (tertiary/aromatic N) is 2. The molecule has 2 unspecified atom stereocenters. The highest BCUT2D eigenvalue weighted by Crippen LogP contribution is 2.35. The molecule has 1 amide bonds. The summed E-state index contributed by atoms with van der Waals surface area (Å²) in [6, 6.07) is 2.12. The summed E-state index contributed by atoms with van der Waals surface area (Å²) in [6.07, 6.45) is 5.88. The molecule has 2 rings (SSSR count). The van der Waals surface area contributed by atoms with Gasteiger partial charge in [-0.25, -0.2) is 0 Å². The minimum Gasteiger partial charge on any atom is -0.343 e. The number of fused-ring (bicyclic) bond motifs is 2. The molecule has 0 aliphatic carbocycles. The van der Waals surface area contributed by atoms with E-state index in [0.717, 1.165) is 26.2 Å². The zero-order valence-electron chi connectivity index (χ0n) is 13.4. The molecule has 4 nitrogen and oxygen atoms in total. The van der Waals surface area contributed by atoms with Crippen LogP contribution in [0.25, 0.3) is 0 Å². The Hall–Kier alpha value is -0.610. The van der Waals surface area contributed by atoms with Crippen molar-refractivity contribution < 1.29 is 4.79 Å². The lowest BCUT2D eigenvalue weighted by Crippen LogP contribution is -2.50. The normalized spacial score (nSPS) is 29.6. The van der Waals surface area contributed by atoms with E-state index in [1.165, 1.54) is 25.7 Å². The fraction of sp³-hybridized carbons (Fsp3) is 0.938. The molecule has 2 atom stereocenters. The molecule has 4 heteroatoms. The summed E-state index contributed by atoms with van der Waals surface area (Å²) < 4.78 is 0. The predicted octanol–water partition coefficient (Wildman–Crippen LogP) is 1.85. The second kappa shape index (κ2) is 7.41. The molecule has 2 fully saturated rings. The van der Waals surface area contributed by atoms with Crippen LogP contribution in [-0.2, 0) is 4.79 Å². The third-order valence-electron chi connectivity index (χ3n) is 5.08. The van der Waals surface area contributed by atoms with Gasteiger partial charge in [0.15, 0.2) is 0 Å². The van der Waals surface area contributed by atoms with Gasteiger partial charge in [0.2, 0.25) is 5.91 Å². The van der Waals surface area contributed by atoms with E-state index in [-0.39, 0.29) is 0 Å². The van der Waals surface area contributed by atoms with Crippen molar-refractivity contribution in [1.29, 1.82) is 0 Å². The van der Waals surface area contributed by atoms with Gasteiger partial charge in [-0.15, -0.1) is 0 Å². The van der Waals surface area contributed by atoms with Gasteiger partial charge in [-0.1, -0.05) is 6.92 Å². The fourth-order valence-corrected chi connectivity index (χ4v) is 4.05. The molecule has 2 heterocycles. The number of hydrogen-bond donors (Lipinski definition) is 1. The van der Waals surface area contributed by atoms with Crippen LogP contribution in [0.1, 0.15) is 52.9 Å². The maximum Gasteiger partial charge on any atom is 0.223 e. The maximum absolute atomic E-state index is 12.1. The van der Waals surface area contributed by atoms with Crippen molar-refractivity contribution in [1.82, 2.24) is 15.1 Å². The van der Waals surface area contributed by atoms with Crippen LogP contribution in [0.5, 0.6) is 0 Å². The molecule has 0 aromatic rings. The van der Waals surface area contributed by atoms with E-state index in [2.05, 4.69) is 31.0 Å². The topological polar surface area (TPSA) is 35.6 Å². The average Bonchev–Trinajstić information content (AvgIpc) is 2.68. The number of rotatable bonds is 7. The lowest BCUT2D eigenvalue weighted by Gasteiger charge is -2.39. The lowest BCUT2D eigenvalue weighted by atomic mass is 9.97. The highest BCUT2D eigenvalue weighted by atomic mass is 16.2. The van der Waals surface area contributed by atoms with E-state index in [1.54, 1.807) is 0 Å². The van der Waals surface area contributed by atoms with Crippen molar-refractivity contribution in [2.75, 3.05) is 26.2 Å². The minimum atomic E-state index is 0.322. The van der Waals surface area contributed by atoms with E-state index in [9.17, 15) is 4.79 Å². The van der Waals surface area contributed by atoms with Crippen LogP contribution < -0.4 is 5.32 Å². The quantitative estimate of drug-likeness (QED) is 0.773. The number of nitrogens with one attached hydrogen (secondary N) is 1. The molecule has 2 aliphatic rings. The molecular weight excluding hydrogens is 250 g/mol. The van der Waals surface area contributed by atoms with Crippen molar-refractivity contribution in [3.05, 3.63) is 0 Å². The SMILES string of the molecule is CCNC1CC2CCC(C1)N2CCC(=O)N(CC)CC. The second-order valence-electron chi connectivity index (χ2n) is 6.16. The van der Waals surface area contributed by atoms with Gasteiger partial charge in [0.1, 0.15) is 0 Å². The van der Waals surface area contributed by atoms with E-state index in [1.807, 2.05) is 4.90 Å².